The number of carbonyl (C=O) groups is 1. The van der Waals surface area contributed by atoms with Crippen LogP contribution in [-0.2, 0) is 16.0 Å². The molecule has 0 atom stereocenters. The number of rotatable bonds is 9. The molecule has 0 unspecified atom stereocenters. The van der Waals surface area contributed by atoms with Gasteiger partial charge >= 0.3 is 0 Å². The second kappa shape index (κ2) is 9.43. The van der Waals surface area contributed by atoms with E-state index in [4.69, 9.17) is 4.74 Å². The summed E-state index contributed by atoms with van der Waals surface area (Å²) in [6.45, 7) is 2.55. The van der Waals surface area contributed by atoms with Gasteiger partial charge in [0.25, 0.3) is 5.69 Å². The predicted molar refractivity (Wildman–Crippen MR) is 82.3 cm³/mol. The molecule has 0 heterocycles. The third-order valence-electron chi connectivity index (χ3n) is 2.71. The molecule has 1 aromatic rings. The summed E-state index contributed by atoms with van der Waals surface area (Å²) in [4.78, 5) is 21.9. The number of ether oxygens (including phenoxy) is 1. The quantitative estimate of drug-likeness (QED) is 0.393. The summed E-state index contributed by atoms with van der Waals surface area (Å²) in [5.41, 5.74) is 0.707. The van der Waals surface area contributed by atoms with Crippen LogP contribution in [-0.4, -0.2) is 44.2 Å². The Bertz CT molecular complexity index is 496. The second-order valence-corrected chi connectivity index (χ2v) is 5.16. The van der Waals surface area contributed by atoms with Crippen LogP contribution in [0.15, 0.2) is 22.7 Å². The van der Waals surface area contributed by atoms with E-state index in [2.05, 4.69) is 26.6 Å². The highest BCUT2D eigenvalue weighted by Crippen LogP contribution is 2.23. The van der Waals surface area contributed by atoms with E-state index >= 15 is 0 Å². The largest absolute Gasteiger partial charge is 0.383 e. The Kier molecular flexibility index (Phi) is 7.88. The highest BCUT2D eigenvalue weighted by molar-refractivity contribution is 9.10. The van der Waals surface area contributed by atoms with Crippen LogP contribution in [0.1, 0.15) is 5.56 Å². The van der Waals surface area contributed by atoms with Crippen molar-refractivity contribution in [3.63, 3.8) is 0 Å². The fourth-order valence-electron chi connectivity index (χ4n) is 1.62. The van der Waals surface area contributed by atoms with Gasteiger partial charge in [0.1, 0.15) is 0 Å². The van der Waals surface area contributed by atoms with Crippen molar-refractivity contribution < 1.29 is 14.5 Å². The topological polar surface area (TPSA) is 93.5 Å². The fraction of sp³-hybridized carbons (Fsp3) is 0.462. The van der Waals surface area contributed by atoms with Gasteiger partial charge < -0.3 is 15.4 Å². The first-order valence-corrected chi connectivity index (χ1v) is 7.23. The highest BCUT2D eigenvalue weighted by Gasteiger charge is 2.11. The zero-order valence-electron chi connectivity index (χ0n) is 11.7. The lowest BCUT2D eigenvalue weighted by molar-refractivity contribution is -0.384. The molecule has 1 aromatic carbocycles. The maximum Gasteiger partial charge on any atom is 0.270 e. The molecule has 116 valence electrons. The molecule has 1 rings (SSSR count). The van der Waals surface area contributed by atoms with E-state index in [9.17, 15) is 14.9 Å². The molecular formula is C13H18BrN3O4. The number of nitro benzene ring substituents is 1. The number of amides is 1. The number of nitrogens with one attached hydrogen (secondary N) is 2. The van der Waals surface area contributed by atoms with E-state index in [1.807, 2.05) is 0 Å². The molecular weight excluding hydrogens is 342 g/mol. The Morgan fingerprint density at radius 3 is 2.76 bits per heavy atom. The number of nitro groups is 1. The third kappa shape index (κ3) is 6.65. The van der Waals surface area contributed by atoms with Crippen molar-refractivity contribution >= 4 is 27.5 Å². The summed E-state index contributed by atoms with van der Waals surface area (Å²) < 4.78 is 5.45. The Labute approximate surface area is 131 Å². The van der Waals surface area contributed by atoms with Crippen LogP contribution in [0.25, 0.3) is 0 Å². The molecule has 0 bridgehead atoms. The number of nitrogens with zero attached hydrogens (tertiary/aromatic N) is 1. The van der Waals surface area contributed by atoms with Crippen LogP contribution in [0.4, 0.5) is 5.69 Å². The molecule has 8 heteroatoms. The Morgan fingerprint density at radius 1 is 1.38 bits per heavy atom. The monoisotopic (exact) mass is 359 g/mol. The molecule has 2 N–H and O–H groups in total. The predicted octanol–water partition coefficient (Wildman–Crippen LogP) is 1.25. The molecule has 0 saturated heterocycles. The SMILES string of the molecule is COCCNCCNC(=O)Cc1ccc([N+](=O)[O-])cc1Br. The van der Waals surface area contributed by atoms with E-state index in [1.54, 1.807) is 13.2 Å². The summed E-state index contributed by atoms with van der Waals surface area (Å²) in [6, 6.07) is 4.37. The van der Waals surface area contributed by atoms with Crippen molar-refractivity contribution in [3.8, 4) is 0 Å². The Morgan fingerprint density at radius 2 is 2.14 bits per heavy atom. The van der Waals surface area contributed by atoms with Crippen LogP contribution in [0.5, 0.6) is 0 Å². The maximum absolute atomic E-state index is 11.8. The molecule has 0 aromatic heterocycles. The van der Waals surface area contributed by atoms with Crippen molar-refractivity contribution in [3.05, 3.63) is 38.3 Å². The molecule has 1 amide bonds. The number of benzene rings is 1. The van der Waals surface area contributed by atoms with Gasteiger partial charge in [-0.3, -0.25) is 14.9 Å². The first-order chi connectivity index (χ1) is 10.0. The first kappa shape index (κ1) is 17.5. The smallest absolute Gasteiger partial charge is 0.270 e. The maximum atomic E-state index is 11.8. The van der Waals surface area contributed by atoms with Crippen molar-refractivity contribution in [2.24, 2.45) is 0 Å². The number of hydrogen-bond donors (Lipinski definition) is 2. The van der Waals surface area contributed by atoms with Crippen LogP contribution in [0.2, 0.25) is 0 Å². The molecule has 0 aliphatic carbocycles. The zero-order chi connectivity index (χ0) is 15.7. The van der Waals surface area contributed by atoms with Gasteiger partial charge in [-0.2, -0.15) is 0 Å². The minimum atomic E-state index is -0.472. The molecule has 0 fully saturated rings. The van der Waals surface area contributed by atoms with Crippen molar-refractivity contribution in [1.82, 2.24) is 10.6 Å². The van der Waals surface area contributed by atoms with Crippen LogP contribution >= 0.6 is 15.9 Å². The van der Waals surface area contributed by atoms with Crippen LogP contribution < -0.4 is 10.6 Å². The van der Waals surface area contributed by atoms with Crippen molar-refractivity contribution in [1.29, 1.82) is 0 Å². The van der Waals surface area contributed by atoms with Crippen LogP contribution in [0, 0.1) is 10.1 Å². The van der Waals surface area contributed by atoms with Gasteiger partial charge in [-0.05, 0) is 5.56 Å². The van der Waals surface area contributed by atoms with E-state index in [0.29, 0.717) is 29.7 Å². The molecule has 0 saturated carbocycles. The van der Waals surface area contributed by atoms with Gasteiger partial charge in [-0.15, -0.1) is 0 Å². The average molecular weight is 360 g/mol. The minimum Gasteiger partial charge on any atom is -0.383 e. The number of carbonyl (C=O) groups excluding carboxylic acids is 1. The average Bonchev–Trinajstić information content (AvgIpc) is 2.44. The fourth-order valence-corrected chi connectivity index (χ4v) is 2.13. The summed E-state index contributed by atoms with van der Waals surface area (Å²) in [5, 5.41) is 16.5. The van der Waals surface area contributed by atoms with Gasteiger partial charge in [-0.25, -0.2) is 0 Å². The number of methoxy groups -OCH3 is 1. The second-order valence-electron chi connectivity index (χ2n) is 4.30. The third-order valence-corrected chi connectivity index (χ3v) is 3.44. The summed E-state index contributed by atoms with van der Waals surface area (Å²) >= 11 is 3.24. The molecule has 7 nitrogen and oxygen atoms in total. The lowest BCUT2D eigenvalue weighted by atomic mass is 10.1. The molecule has 0 radical (unpaired) electrons. The van der Waals surface area contributed by atoms with Crippen molar-refractivity contribution in [2.45, 2.75) is 6.42 Å². The summed E-state index contributed by atoms with van der Waals surface area (Å²) in [7, 11) is 1.63. The minimum absolute atomic E-state index is 0.00613. The zero-order valence-corrected chi connectivity index (χ0v) is 13.3. The Hall–Kier alpha value is -1.51. The molecule has 0 aliphatic heterocycles. The lowest BCUT2D eigenvalue weighted by Crippen LogP contribution is -2.33. The summed E-state index contributed by atoms with van der Waals surface area (Å²) in [5.74, 6) is -0.127. The molecule has 0 aliphatic rings. The van der Waals surface area contributed by atoms with E-state index < -0.39 is 4.92 Å². The highest BCUT2D eigenvalue weighted by atomic mass is 79.9. The van der Waals surface area contributed by atoms with Crippen molar-refractivity contribution in [2.75, 3.05) is 33.4 Å². The van der Waals surface area contributed by atoms with Crippen LogP contribution in [0.3, 0.4) is 0 Å². The standard InChI is InChI=1S/C13H18BrN3O4/c1-21-7-6-15-4-5-16-13(18)8-10-2-3-11(17(19)20)9-12(10)14/h2-3,9,15H,4-8H2,1H3,(H,16,18). The van der Waals surface area contributed by atoms with Gasteiger partial charge in [-0.1, -0.05) is 22.0 Å². The first-order valence-electron chi connectivity index (χ1n) is 6.43. The van der Waals surface area contributed by atoms with Gasteiger partial charge in [0, 0.05) is 43.3 Å². The number of halogens is 1. The van der Waals surface area contributed by atoms with Gasteiger partial charge in [0.2, 0.25) is 5.91 Å². The molecule has 21 heavy (non-hydrogen) atoms. The van der Waals surface area contributed by atoms with Gasteiger partial charge in [0.15, 0.2) is 0 Å². The number of non-ortho nitro benzene ring substituents is 1. The van der Waals surface area contributed by atoms with Gasteiger partial charge in [0.05, 0.1) is 18.0 Å². The summed E-state index contributed by atoms with van der Waals surface area (Å²) in [6.07, 6.45) is 0.177. The number of hydrogen-bond acceptors (Lipinski definition) is 5. The van der Waals surface area contributed by atoms with E-state index in [1.165, 1.54) is 12.1 Å². The Balaban J connectivity index is 2.36. The van der Waals surface area contributed by atoms with E-state index in [-0.39, 0.29) is 18.0 Å². The normalized spacial score (nSPS) is 10.4. The lowest BCUT2D eigenvalue weighted by Gasteiger charge is -2.07. The van der Waals surface area contributed by atoms with E-state index in [0.717, 1.165) is 6.54 Å². The molecule has 0 spiro atoms.